The van der Waals surface area contributed by atoms with Gasteiger partial charge in [0.2, 0.25) is 5.75 Å². The number of carbonyl (C=O) groups is 1. The number of carbonyl (C=O) groups excluding carboxylic acids is 1. The van der Waals surface area contributed by atoms with Crippen molar-refractivity contribution in [3.63, 3.8) is 0 Å². The molecule has 0 fully saturated rings. The number of hydroxylamine groups is 3. The van der Waals surface area contributed by atoms with Crippen LogP contribution in [0.4, 0.5) is 0 Å². The molecule has 0 aliphatic carbocycles. The van der Waals surface area contributed by atoms with Gasteiger partial charge in [0.15, 0.2) is 5.78 Å². The van der Waals surface area contributed by atoms with Crippen LogP contribution in [0.25, 0.3) is 0 Å². The van der Waals surface area contributed by atoms with E-state index in [0.29, 0.717) is 21.5 Å². The van der Waals surface area contributed by atoms with Crippen molar-refractivity contribution >= 4 is 5.78 Å². The van der Waals surface area contributed by atoms with Gasteiger partial charge in [-0.05, 0) is 18.6 Å². The fourth-order valence-electron chi connectivity index (χ4n) is 5.36. The molecule has 4 heteroatoms. The van der Waals surface area contributed by atoms with E-state index in [1.165, 1.54) is 116 Å². The van der Waals surface area contributed by atoms with Gasteiger partial charge < -0.3 is 21.8 Å². The summed E-state index contributed by atoms with van der Waals surface area (Å²) in [6.07, 6.45) is 26.5. The Morgan fingerprint density at radius 3 is 1.45 bits per heavy atom. The molecule has 0 heterocycles. The summed E-state index contributed by atoms with van der Waals surface area (Å²) in [4.78, 5) is 19.3. The van der Waals surface area contributed by atoms with E-state index in [4.69, 9.17) is 4.84 Å². The molecule has 2 aromatic rings. The first kappa shape index (κ1) is 36.4. The summed E-state index contributed by atoms with van der Waals surface area (Å²) < 4.78 is 0.429. The molecule has 0 saturated carbocycles. The molecular weight excluding hydrogens is 558 g/mol. The zero-order valence-electron chi connectivity index (χ0n) is 26.0. The quantitative estimate of drug-likeness (QED) is 0.0523. The maximum atomic E-state index is 13.0. The molecule has 0 aliphatic heterocycles. The number of ketones is 1. The highest BCUT2D eigenvalue weighted by Gasteiger charge is 2.22. The first-order chi connectivity index (χ1) is 19.0. The van der Waals surface area contributed by atoms with E-state index in [0.717, 1.165) is 13.0 Å². The van der Waals surface area contributed by atoms with Crippen LogP contribution in [-0.2, 0) is 0 Å². The molecule has 226 valence electrons. The number of benzene rings is 2. The van der Waals surface area contributed by atoms with Gasteiger partial charge in [-0.2, -0.15) is 0 Å². The zero-order valence-corrected chi connectivity index (χ0v) is 27.6. The number of hydrogen-bond donors (Lipinski definition) is 0. The molecule has 0 atom stereocenters. The predicted octanol–water partition coefficient (Wildman–Crippen LogP) is 7.72. The lowest BCUT2D eigenvalue weighted by atomic mass is 10.0. The summed E-state index contributed by atoms with van der Waals surface area (Å²) in [6, 6.07) is 17.1. The lowest BCUT2D eigenvalue weighted by Crippen LogP contribution is -3.00. The molecule has 0 aromatic heterocycles. The van der Waals surface area contributed by atoms with E-state index >= 15 is 0 Å². The molecule has 0 radical (unpaired) electrons. The van der Waals surface area contributed by atoms with E-state index in [9.17, 15) is 4.79 Å². The van der Waals surface area contributed by atoms with Crippen molar-refractivity contribution in [2.75, 3.05) is 20.6 Å². The Kier molecular flexibility index (Phi) is 20.9. The molecule has 2 rings (SSSR count). The van der Waals surface area contributed by atoms with Gasteiger partial charge in [-0.1, -0.05) is 159 Å². The monoisotopic (exact) mass is 615 g/mol. The number of unbranched alkanes of at least 4 members (excludes halogenated alkanes) is 18. The molecule has 0 amide bonds. The maximum Gasteiger partial charge on any atom is 0.201 e. The molecule has 2 aromatic carbocycles. The van der Waals surface area contributed by atoms with Crippen LogP contribution in [0.5, 0.6) is 5.75 Å². The summed E-state index contributed by atoms with van der Waals surface area (Å²) in [5.41, 5.74) is 1.32. The Bertz CT molecular complexity index is 883. The van der Waals surface area contributed by atoms with Crippen molar-refractivity contribution in [1.82, 2.24) is 0 Å². The SMILES string of the molecule is CCCCCCCCCCCCCCCCCCCCC[N+](C)(C)Oc1ccccc1C(=O)c1ccccc1.[Br-]. The minimum atomic E-state index is 0. The van der Waals surface area contributed by atoms with Gasteiger partial charge in [0, 0.05) is 12.0 Å². The zero-order chi connectivity index (χ0) is 28.0. The van der Waals surface area contributed by atoms with E-state index in [-0.39, 0.29) is 22.8 Å². The summed E-state index contributed by atoms with van der Waals surface area (Å²) in [6.45, 7) is 3.23. The van der Waals surface area contributed by atoms with Crippen molar-refractivity contribution in [3.8, 4) is 5.75 Å². The van der Waals surface area contributed by atoms with E-state index < -0.39 is 0 Å². The Morgan fingerprint density at radius 2 is 0.975 bits per heavy atom. The molecule has 3 nitrogen and oxygen atoms in total. The van der Waals surface area contributed by atoms with Crippen LogP contribution in [0.2, 0.25) is 0 Å². The summed E-state index contributed by atoms with van der Waals surface area (Å²) in [7, 11) is 4.16. The first-order valence-corrected chi connectivity index (χ1v) is 16.2. The van der Waals surface area contributed by atoms with Crippen molar-refractivity contribution in [2.45, 2.75) is 129 Å². The second kappa shape index (κ2) is 23.0. The highest BCUT2D eigenvalue weighted by atomic mass is 79.9. The second-order valence-corrected chi connectivity index (χ2v) is 11.9. The van der Waals surface area contributed by atoms with Gasteiger partial charge in [-0.15, -0.1) is 4.65 Å². The highest BCUT2D eigenvalue weighted by molar-refractivity contribution is 6.10. The molecule has 0 unspecified atom stereocenters. The molecule has 0 N–H and O–H groups in total. The standard InChI is InChI=1S/C36H58NO2.BrH/c1-4-5-6-7-8-9-10-11-12-13-14-15-16-17-18-19-20-21-27-32-37(2,3)39-35-31-26-25-30-34(35)36(38)33-28-23-22-24-29-33;/h22-26,28-31H,4-21,27,32H2,1-3H3;1H/q+1;/p-1. The number of halogens is 1. The largest absolute Gasteiger partial charge is 1.00 e. The summed E-state index contributed by atoms with van der Waals surface area (Å²) >= 11 is 0. The number of para-hydroxylation sites is 1. The molecule has 0 spiro atoms. The second-order valence-electron chi connectivity index (χ2n) is 11.9. The topological polar surface area (TPSA) is 26.3 Å². The third kappa shape index (κ3) is 16.6. The minimum absolute atomic E-state index is 0. The van der Waals surface area contributed by atoms with E-state index in [1.807, 2.05) is 54.6 Å². The van der Waals surface area contributed by atoms with Crippen LogP contribution in [0.1, 0.15) is 145 Å². The molecular formula is C36H58BrNO2. The molecule has 0 saturated heterocycles. The van der Waals surface area contributed by atoms with Gasteiger partial charge in [-0.25, -0.2) is 0 Å². The van der Waals surface area contributed by atoms with Crippen LogP contribution in [-0.4, -0.2) is 31.1 Å². The third-order valence-corrected chi connectivity index (χ3v) is 7.81. The predicted molar refractivity (Wildman–Crippen MR) is 167 cm³/mol. The Balaban J connectivity index is 0.00000800. The summed E-state index contributed by atoms with van der Waals surface area (Å²) in [5.74, 6) is 0.670. The smallest absolute Gasteiger partial charge is 0.201 e. The van der Waals surface area contributed by atoms with E-state index in [2.05, 4.69) is 21.0 Å². The lowest BCUT2D eigenvalue weighted by molar-refractivity contribution is -1.05. The van der Waals surface area contributed by atoms with Crippen LogP contribution < -0.4 is 21.8 Å². The van der Waals surface area contributed by atoms with Crippen LogP contribution >= 0.6 is 0 Å². The average Bonchev–Trinajstić information content (AvgIpc) is 2.94. The number of nitrogens with zero attached hydrogens (tertiary/aromatic N) is 1. The van der Waals surface area contributed by atoms with Crippen molar-refractivity contribution < 1.29 is 31.3 Å². The Labute approximate surface area is 257 Å². The number of rotatable bonds is 24. The van der Waals surface area contributed by atoms with Crippen LogP contribution in [0.15, 0.2) is 54.6 Å². The first-order valence-electron chi connectivity index (χ1n) is 16.2. The van der Waals surface area contributed by atoms with Crippen LogP contribution in [0.3, 0.4) is 0 Å². The van der Waals surface area contributed by atoms with Gasteiger partial charge in [0.25, 0.3) is 0 Å². The normalized spacial score (nSPS) is 11.3. The van der Waals surface area contributed by atoms with Gasteiger partial charge in [-0.3, -0.25) is 4.79 Å². The van der Waals surface area contributed by atoms with Gasteiger partial charge in [0.05, 0.1) is 5.56 Å². The van der Waals surface area contributed by atoms with Crippen molar-refractivity contribution in [2.24, 2.45) is 0 Å². The van der Waals surface area contributed by atoms with Crippen molar-refractivity contribution in [3.05, 3.63) is 65.7 Å². The molecule has 0 aliphatic rings. The number of hydrogen-bond acceptors (Lipinski definition) is 2. The summed E-state index contributed by atoms with van der Waals surface area (Å²) in [5, 5.41) is 0. The molecule has 40 heavy (non-hydrogen) atoms. The minimum Gasteiger partial charge on any atom is -1.00 e. The molecule has 0 bridgehead atoms. The van der Waals surface area contributed by atoms with Crippen LogP contribution in [0, 0.1) is 0 Å². The Hall–Kier alpha value is -1.65. The lowest BCUT2D eigenvalue weighted by Gasteiger charge is -2.28. The van der Waals surface area contributed by atoms with E-state index in [1.54, 1.807) is 0 Å². The van der Waals surface area contributed by atoms with Gasteiger partial charge >= 0.3 is 0 Å². The van der Waals surface area contributed by atoms with Crippen molar-refractivity contribution in [1.29, 1.82) is 0 Å². The van der Waals surface area contributed by atoms with Gasteiger partial charge in [0.1, 0.15) is 20.6 Å². The average molecular weight is 617 g/mol. The third-order valence-electron chi connectivity index (χ3n) is 7.81. The number of quaternary nitrogens is 1. The Morgan fingerprint density at radius 1 is 0.575 bits per heavy atom. The fraction of sp³-hybridized carbons (Fsp3) is 0.639. The fourth-order valence-corrected chi connectivity index (χ4v) is 5.36. The highest BCUT2D eigenvalue weighted by Crippen LogP contribution is 2.24. The maximum absolute atomic E-state index is 13.0.